The van der Waals surface area contributed by atoms with Gasteiger partial charge in [0, 0.05) is 38.9 Å². The zero-order valence-corrected chi connectivity index (χ0v) is 5.20. The average Bonchev–Trinajstić information content (AvgIpc) is 1.77. The lowest BCUT2D eigenvalue weighted by Crippen LogP contribution is -2.12. The van der Waals surface area contributed by atoms with Crippen LogP contribution in [0.15, 0.2) is 24.8 Å². The van der Waals surface area contributed by atoms with Crippen molar-refractivity contribution >= 4 is 0 Å². The van der Waals surface area contributed by atoms with Crippen molar-refractivity contribution in [3.63, 3.8) is 0 Å². The maximum absolute atomic E-state index is 2.00. The summed E-state index contributed by atoms with van der Waals surface area (Å²) in [5, 5.41) is 0. The quantitative estimate of drug-likeness (QED) is 0.455. The first-order chi connectivity index (χ1) is 3.79. The Balaban J connectivity index is 2.54. The predicted octanol–water partition coefficient (Wildman–Crippen LogP) is 0.806. The maximum atomic E-state index is 2.00. The van der Waals surface area contributed by atoms with Gasteiger partial charge in [-0.15, -0.1) is 0 Å². The summed E-state index contributed by atoms with van der Waals surface area (Å²) in [6, 6.07) is 0. The summed E-state index contributed by atoms with van der Waals surface area (Å²) in [6.45, 7) is 0. The molecule has 0 aromatic rings. The van der Waals surface area contributed by atoms with Crippen LogP contribution < -0.4 is 0 Å². The molecule has 0 N–H and O–H groups in total. The third-order valence-electron chi connectivity index (χ3n) is 1.07. The Labute approximate surface area is 49.7 Å². The highest BCUT2D eigenvalue weighted by atomic mass is 15.2. The fourth-order valence-electron chi connectivity index (χ4n) is 0.520. The van der Waals surface area contributed by atoms with Gasteiger partial charge in [-0.3, -0.25) is 0 Å². The van der Waals surface area contributed by atoms with Crippen LogP contribution >= 0.6 is 0 Å². The summed E-state index contributed by atoms with van der Waals surface area (Å²) < 4.78 is 0. The Morgan fingerprint density at radius 1 is 0.750 bits per heavy atom. The van der Waals surface area contributed by atoms with Crippen LogP contribution in [0.4, 0.5) is 0 Å². The van der Waals surface area contributed by atoms with Crippen molar-refractivity contribution in [2.75, 3.05) is 14.1 Å². The Morgan fingerprint density at radius 2 is 1.00 bits per heavy atom. The SMILES string of the molecule is CN1C=CN(C)C=C1. The standard InChI is InChI=1S/C6H10N2/c1-7-3-5-8(2)6-4-7/h3-6H,1-2H3. The summed E-state index contributed by atoms with van der Waals surface area (Å²) in [4.78, 5) is 4.00. The third kappa shape index (κ3) is 1.03. The minimum Gasteiger partial charge on any atom is -0.354 e. The van der Waals surface area contributed by atoms with Crippen LogP contribution in [0.2, 0.25) is 0 Å². The molecule has 0 aliphatic carbocycles. The molecule has 0 aromatic heterocycles. The summed E-state index contributed by atoms with van der Waals surface area (Å²) in [7, 11) is 4.00. The minimum atomic E-state index is 2.00. The first-order valence-corrected chi connectivity index (χ1v) is 2.59. The average molecular weight is 110 g/mol. The predicted molar refractivity (Wildman–Crippen MR) is 33.8 cm³/mol. The highest BCUT2D eigenvalue weighted by molar-refractivity contribution is 4.97. The van der Waals surface area contributed by atoms with Crippen LogP contribution in [0.25, 0.3) is 0 Å². The van der Waals surface area contributed by atoms with E-state index >= 15 is 0 Å². The summed E-state index contributed by atoms with van der Waals surface area (Å²) >= 11 is 0. The molecule has 0 unspecified atom stereocenters. The lowest BCUT2D eigenvalue weighted by Gasteiger charge is -2.17. The third-order valence-corrected chi connectivity index (χ3v) is 1.07. The molecule has 8 heavy (non-hydrogen) atoms. The van der Waals surface area contributed by atoms with Crippen molar-refractivity contribution in [1.29, 1.82) is 0 Å². The molecule has 2 nitrogen and oxygen atoms in total. The number of nitrogens with zero attached hydrogens (tertiary/aromatic N) is 2. The Bertz CT molecular complexity index is 98.5. The zero-order chi connectivity index (χ0) is 5.98. The van der Waals surface area contributed by atoms with Crippen molar-refractivity contribution in [2.45, 2.75) is 0 Å². The molecule has 0 aromatic carbocycles. The van der Waals surface area contributed by atoms with Gasteiger partial charge >= 0.3 is 0 Å². The summed E-state index contributed by atoms with van der Waals surface area (Å²) in [5.74, 6) is 0. The van der Waals surface area contributed by atoms with E-state index in [2.05, 4.69) is 0 Å². The van der Waals surface area contributed by atoms with Gasteiger partial charge in [0.1, 0.15) is 0 Å². The van der Waals surface area contributed by atoms with Gasteiger partial charge in [0.15, 0.2) is 0 Å². The van der Waals surface area contributed by atoms with Gasteiger partial charge in [-0.25, -0.2) is 0 Å². The molecular formula is C6H10N2. The van der Waals surface area contributed by atoms with Crippen molar-refractivity contribution in [3.05, 3.63) is 24.8 Å². The van der Waals surface area contributed by atoms with Gasteiger partial charge in [-0.1, -0.05) is 0 Å². The van der Waals surface area contributed by atoms with E-state index in [9.17, 15) is 0 Å². The van der Waals surface area contributed by atoms with Crippen LogP contribution in [-0.2, 0) is 0 Å². The largest absolute Gasteiger partial charge is 0.354 e. The molecular weight excluding hydrogens is 100 g/mol. The first kappa shape index (κ1) is 5.22. The molecule has 0 spiro atoms. The van der Waals surface area contributed by atoms with Gasteiger partial charge in [0.25, 0.3) is 0 Å². The van der Waals surface area contributed by atoms with Crippen molar-refractivity contribution in [3.8, 4) is 0 Å². The molecule has 0 atom stereocenters. The maximum Gasteiger partial charge on any atom is 0.0194 e. The van der Waals surface area contributed by atoms with Crippen molar-refractivity contribution < 1.29 is 0 Å². The second kappa shape index (κ2) is 1.90. The molecule has 0 radical (unpaired) electrons. The number of rotatable bonds is 0. The number of hydrogen-bond acceptors (Lipinski definition) is 2. The molecule has 0 amide bonds. The molecule has 1 rings (SSSR count). The highest BCUT2D eigenvalue weighted by Crippen LogP contribution is 1.97. The molecule has 1 aliphatic heterocycles. The molecule has 0 bridgehead atoms. The van der Waals surface area contributed by atoms with E-state index in [-0.39, 0.29) is 0 Å². The Kier molecular flexibility index (Phi) is 1.24. The van der Waals surface area contributed by atoms with E-state index in [4.69, 9.17) is 0 Å². The van der Waals surface area contributed by atoms with Gasteiger partial charge in [-0.2, -0.15) is 0 Å². The fourth-order valence-corrected chi connectivity index (χ4v) is 0.520. The van der Waals surface area contributed by atoms with Crippen LogP contribution in [-0.4, -0.2) is 23.9 Å². The molecule has 0 fully saturated rings. The molecule has 1 heterocycles. The van der Waals surface area contributed by atoms with Crippen LogP contribution in [0.3, 0.4) is 0 Å². The van der Waals surface area contributed by atoms with Gasteiger partial charge in [0.05, 0.1) is 0 Å². The van der Waals surface area contributed by atoms with E-state index in [1.807, 2.05) is 48.7 Å². The molecule has 0 saturated heterocycles. The number of hydrogen-bond donors (Lipinski definition) is 0. The minimum absolute atomic E-state index is 2.00. The molecule has 1 aliphatic rings. The van der Waals surface area contributed by atoms with E-state index in [0.717, 1.165) is 0 Å². The van der Waals surface area contributed by atoms with Gasteiger partial charge < -0.3 is 9.80 Å². The van der Waals surface area contributed by atoms with E-state index < -0.39 is 0 Å². The second-order valence-electron chi connectivity index (χ2n) is 1.93. The van der Waals surface area contributed by atoms with Gasteiger partial charge in [-0.05, 0) is 0 Å². The lowest BCUT2D eigenvalue weighted by molar-refractivity contribution is 0.519. The highest BCUT2D eigenvalue weighted by Gasteiger charge is 1.90. The molecule has 0 saturated carbocycles. The smallest absolute Gasteiger partial charge is 0.0194 e. The second-order valence-corrected chi connectivity index (χ2v) is 1.93. The Morgan fingerprint density at radius 3 is 1.25 bits per heavy atom. The van der Waals surface area contributed by atoms with E-state index in [1.54, 1.807) is 0 Å². The Hall–Kier alpha value is -0.920. The first-order valence-electron chi connectivity index (χ1n) is 2.59. The fraction of sp³-hybridized carbons (Fsp3) is 0.333. The van der Waals surface area contributed by atoms with Gasteiger partial charge in [0.2, 0.25) is 0 Å². The summed E-state index contributed by atoms with van der Waals surface area (Å²) in [6.07, 6.45) is 8.00. The van der Waals surface area contributed by atoms with Crippen LogP contribution in [0.1, 0.15) is 0 Å². The van der Waals surface area contributed by atoms with Crippen molar-refractivity contribution in [1.82, 2.24) is 9.80 Å². The zero-order valence-electron chi connectivity index (χ0n) is 5.20. The lowest BCUT2D eigenvalue weighted by atomic mass is 10.6. The van der Waals surface area contributed by atoms with E-state index in [1.165, 1.54) is 0 Å². The summed E-state index contributed by atoms with van der Waals surface area (Å²) in [5.41, 5.74) is 0. The van der Waals surface area contributed by atoms with Crippen LogP contribution in [0, 0.1) is 0 Å². The molecule has 44 valence electrons. The molecule has 2 heteroatoms. The van der Waals surface area contributed by atoms with Crippen LogP contribution in [0.5, 0.6) is 0 Å². The van der Waals surface area contributed by atoms with E-state index in [0.29, 0.717) is 0 Å². The normalized spacial score (nSPS) is 17.8. The monoisotopic (exact) mass is 110 g/mol. The topological polar surface area (TPSA) is 6.48 Å². The van der Waals surface area contributed by atoms with Crippen molar-refractivity contribution in [2.24, 2.45) is 0 Å².